The largest absolute Gasteiger partial charge is 0.484 e. The fourth-order valence-electron chi connectivity index (χ4n) is 3.77. The Kier molecular flexibility index (Phi) is 7.88. The minimum absolute atomic E-state index is 0.117. The number of anilines is 2. The third-order valence-electron chi connectivity index (χ3n) is 5.59. The lowest BCUT2D eigenvalue weighted by Crippen LogP contribution is -2.23. The van der Waals surface area contributed by atoms with Gasteiger partial charge in [-0.3, -0.25) is 4.79 Å². The predicted molar refractivity (Wildman–Crippen MR) is 131 cm³/mol. The highest BCUT2D eigenvalue weighted by atomic mass is 32.2. The van der Waals surface area contributed by atoms with E-state index >= 15 is 0 Å². The third kappa shape index (κ3) is 6.74. The summed E-state index contributed by atoms with van der Waals surface area (Å²) >= 11 is 1.21. The van der Waals surface area contributed by atoms with Crippen LogP contribution >= 0.6 is 11.8 Å². The average molecular weight is 467 g/mol. The van der Waals surface area contributed by atoms with E-state index in [0.717, 1.165) is 35.7 Å². The van der Waals surface area contributed by atoms with Gasteiger partial charge in [0.25, 0.3) is 11.1 Å². The van der Waals surface area contributed by atoms with Crippen LogP contribution in [0.1, 0.15) is 42.7 Å². The number of thioether (sulfide) groups is 1. The first-order chi connectivity index (χ1) is 16.1. The van der Waals surface area contributed by atoms with Crippen molar-refractivity contribution in [3.05, 3.63) is 59.5 Å². The Balaban J connectivity index is 1.23. The van der Waals surface area contributed by atoms with Gasteiger partial charge in [-0.1, -0.05) is 36.7 Å². The molecular formula is C25H30N4O3S. The summed E-state index contributed by atoms with van der Waals surface area (Å²) in [5, 5.41) is 11.3. The van der Waals surface area contributed by atoms with Crippen molar-refractivity contribution in [1.29, 1.82) is 0 Å². The molecule has 3 aromatic rings. The van der Waals surface area contributed by atoms with E-state index in [4.69, 9.17) is 9.15 Å². The Morgan fingerprint density at radius 2 is 1.82 bits per heavy atom. The molecule has 2 heterocycles. The number of benzene rings is 2. The van der Waals surface area contributed by atoms with Gasteiger partial charge in [0.2, 0.25) is 5.91 Å². The number of ether oxygens (including phenoxy) is 1. The van der Waals surface area contributed by atoms with Crippen LogP contribution in [0, 0.1) is 13.8 Å². The van der Waals surface area contributed by atoms with Crippen molar-refractivity contribution in [2.45, 2.75) is 51.4 Å². The maximum atomic E-state index is 12.3. The Hall–Kier alpha value is -3.00. The number of carbonyl (C=O) groups is 1. The van der Waals surface area contributed by atoms with Crippen LogP contribution in [0.4, 0.5) is 11.4 Å². The molecule has 1 fully saturated rings. The van der Waals surface area contributed by atoms with E-state index in [2.05, 4.69) is 32.5 Å². The van der Waals surface area contributed by atoms with Crippen molar-refractivity contribution in [1.82, 2.24) is 10.2 Å². The molecule has 0 aliphatic carbocycles. The van der Waals surface area contributed by atoms with Crippen molar-refractivity contribution in [2.75, 3.05) is 29.1 Å². The lowest BCUT2D eigenvalue weighted by molar-refractivity contribution is -0.113. The maximum Gasteiger partial charge on any atom is 0.277 e. The number of carbonyl (C=O) groups excluding carboxylic acids is 1. The van der Waals surface area contributed by atoms with Crippen LogP contribution < -0.4 is 15.0 Å². The number of hydrogen-bond acceptors (Lipinski definition) is 7. The predicted octanol–water partition coefficient (Wildman–Crippen LogP) is 5.38. The fourth-order valence-corrected chi connectivity index (χ4v) is 4.35. The van der Waals surface area contributed by atoms with E-state index in [9.17, 15) is 4.79 Å². The van der Waals surface area contributed by atoms with Crippen molar-refractivity contribution < 1.29 is 13.9 Å². The summed E-state index contributed by atoms with van der Waals surface area (Å²) in [6.45, 7) is 6.40. The molecule has 1 aromatic heterocycles. The second-order valence-corrected chi connectivity index (χ2v) is 9.23. The Bertz CT molecular complexity index is 1060. The number of nitrogens with one attached hydrogen (secondary N) is 1. The zero-order valence-corrected chi connectivity index (χ0v) is 20.0. The van der Waals surface area contributed by atoms with E-state index in [1.807, 2.05) is 44.2 Å². The van der Waals surface area contributed by atoms with Crippen LogP contribution in [0.5, 0.6) is 5.75 Å². The molecule has 2 aromatic carbocycles. The van der Waals surface area contributed by atoms with Gasteiger partial charge >= 0.3 is 0 Å². The lowest BCUT2D eigenvalue weighted by Gasteiger charge is -2.22. The molecule has 8 heteroatoms. The molecule has 1 amide bonds. The molecule has 0 spiro atoms. The minimum atomic E-state index is -0.117. The van der Waals surface area contributed by atoms with Gasteiger partial charge in [0.1, 0.15) is 5.75 Å². The highest BCUT2D eigenvalue weighted by Gasteiger charge is 2.13. The number of rotatable bonds is 8. The van der Waals surface area contributed by atoms with E-state index < -0.39 is 0 Å². The number of amides is 1. The van der Waals surface area contributed by atoms with Crippen molar-refractivity contribution in [2.24, 2.45) is 0 Å². The molecule has 1 N–H and O–H groups in total. The van der Waals surface area contributed by atoms with Crippen LogP contribution in [0.2, 0.25) is 0 Å². The maximum absolute atomic E-state index is 12.3. The quantitative estimate of drug-likeness (QED) is 0.447. The SMILES string of the molecule is Cc1ccc(C)c(OCc2nnc(SCC(=O)Nc3ccc(N4CCCCCC4)cc3)o2)c1. The Labute approximate surface area is 198 Å². The van der Waals surface area contributed by atoms with Crippen molar-refractivity contribution in [3.63, 3.8) is 0 Å². The van der Waals surface area contributed by atoms with E-state index in [-0.39, 0.29) is 18.3 Å². The summed E-state index contributed by atoms with van der Waals surface area (Å²) in [5.74, 6) is 1.24. The van der Waals surface area contributed by atoms with Gasteiger partial charge in [0.15, 0.2) is 6.61 Å². The second-order valence-electron chi connectivity index (χ2n) is 8.30. The fraction of sp³-hybridized carbons (Fsp3) is 0.400. The van der Waals surface area contributed by atoms with Gasteiger partial charge in [-0.05, 0) is 68.1 Å². The molecule has 0 unspecified atom stereocenters. The molecule has 1 saturated heterocycles. The van der Waals surface area contributed by atoms with E-state index in [1.165, 1.54) is 43.1 Å². The number of nitrogens with zero attached hydrogens (tertiary/aromatic N) is 3. The topological polar surface area (TPSA) is 80.5 Å². The third-order valence-corrected chi connectivity index (χ3v) is 6.41. The zero-order valence-electron chi connectivity index (χ0n) is 19.2. The molecule has 7 nitrogen and oxygen atoms in total. The van der Waals surface area contributed by atoms with Gasteiger partial charge in [0.05, 0.1) is 5.75 Å². The Morgan fingerprint density at radius 3 is 2.58 bits per heavy atom. The molecule has 174 valence electrons. The summed E-state index contributed by atoms with van der Waals surface area (Å²) in [6, 6.07) is 14.1. The normalized spacial score (nSPS) is 14.1. The van der Waals surface area contributed by atoms with Gasteiger partial charge in [-0.15, -0.1) is 10.2 Å². The summed E-state index contributed by atoms with van der Waals surface area (Å²) in [4.78, 5) is 14.8. The van der Waals surface area contributed by atoms with E-state index in [0.29, 0.717) is 11.1 Å². The first-order valence-corrected chi connectivity index (χ1v) is 12.4. The van der Waals surface area contributed by atoms with Crippen LogP contribution in [0.25, 0.3) is 0 Å². The molecule has 0 radical (unpaired) electrons. The molecule has 4 rings (SSSR count). The van der Waals surface area contributed by atoms with Gasteiger partial charge in [0, 0.05) is 24.5 Å². The van der Waals surface area contributed by atoms with Crippen LogP contribution in [-0.2, 0) is 11.4 Å². The smallest absolute Gasteiger partial charge is 0.277 e. The van der Waals surface area contributed by atoms with Crippen LogP contribution in [0.15, 0.2) is 52.1 Å². The lowest BCUT2D eigenvalue weighted by atomic mass is 10.1. The van der Waals surface area contributed by atoms with Gasteiger partial charge < -0.3 is 19.4 Å². The first-order valence-electron chi connectivity index (χ1n) is 11.4. The molecule has 33 heavy (non-hydrogen) atoms. The van der Waals surface area contributed by atoms with Crippen molar-refractivity contribution >= 4 is 29.0 Å². The Morgan fingerprint density at radius 1 is 1.06 bits per heavy atom. The summed E-state index contributed by atoms with van der Waals surface area (Å²) < 4.78 is 11.4. The second kappa shape index (κ2) is 11.2. The number of aryl methyl sites for hydroxylation is 2. The summed E-state index contributed by atoms with van der Waals surface area (Å²) in [6.07, 6.45) is 5.10. The highest BCUT2D eigenvalue weighted by molar-refractivity contribution is 7.99. The monoisotopic (exact) mass is 466 g/mol. The van der Waals surface area contributed by atoms with Crippen LogP contribution in [-0.4, -0.2) is 34.9 Å². The number of aromatic nitrogens is 2. The summed E-state index contributed by atoms with van der Waals surface area (Å²) in [7, 11) is 0. The average Bonchev–Trinajstić information content (AvgIpc) is 3.10. The minimum Gasteiger partial charge on any atom is -0.484 e. The molecule has 1 aliphatic rings. The molecule has 1 aliphatic heterocycles. The summed E-state index contributed by atoms with van der Waals surface area (Å²) in [5.41, 5.74) is 4.17. The number of hydrogen-bond donors (Lipinski definition) is 1. The molecular weight excluding hydrogens is 436 g/mol. The van der Waals surface area contributed by atoms with Gasteiger partial charge in [-0.25, -0.2) is 0 Å². The van der Waals surface area contributed by atoms with E-state index in [1.54, 1.807) is 0 Å². The zero-order chi connectivity index (χ0) is 23.0. The molecule has 0 saturated carbocycles. The first kappa shape index (κ1) is 23.2. The molecule has 0 atom stereocenters. The molecule has 0 bridgehead atoms. The standard InChI is InChI=1S/C25H30N4O3S/c1-18-7-8-19(2)22(15-18)31-16-24-27-28-25(32-24)33-17-23(30)26-20-9-11-21(12-10-20)29-13-5-3-4-6-14-29/h7-12,15H,3-6,13-14,16-17H2,1-2H3,(H,26,30). The van der Waals surface area contributed by atoms with Gasteiger partial charge in [-0.2, -0.15) is 0 Å². The van der Waals surface area contributed by atoms with Crippen molar-refractivity contribution in [3.8, 4) is 5.75 Å². The highest BCUT2D eigenvalue weighted by Crippen LogP contribution is 2.23. The van der Waals surface area contributed by atoms with Crippen LogP contribution in [0.3, 0.4) is 0 Å².